The van der Waals surface area contributed by atoms with Crippen LogP contribution in [0.1, 0.15) is 42.5 Å². The molecule has 0 amide bonds. The summed E-state index contributed by atoms with van der Waals surface area (Å²) in [4.78, 5) is 17.1. The maximum absolute atomic E-state index is 12.9. The Morgan fingerprint density at radius 2 is 2.10 bits per heavy atom. The molecule has 1 saturated carbocycles. The van der Waals surface area contributed by atoms with E-state index in [2.05, 4.69) is 10.3 Å². The highest BCUT2D eigenvalue weighted by atomic mass is 16.1. The van der Waals surface area contributed by atoms with Crippen LogP contribution in [0.4, 0.5) is 0 Å². The summed E-state index contributed by atoms with van der Waals surface area (Å²) in [5, 5.41) is 5.65. The zero-order chi connectivity index (χ0) is 14.2. The monoisotopic (exact) mass is 280 g/mol. The van der Waals surface area contributed by atoms with Crippen molar-refractivity contribution in [1.82, 2.24) is 10.3 Å². The third-order valence-corrected chi connectivity index (χ3v) is 5.13. The third-order valence-electron chi connectivity index (χ3n) is 5.13. The lowest BCUT2D eigenvalue weighted by Crippen LogP contribution is -2.37. The normalized spacial score (nSPS) is 28.5. The Labute approximate surface area is 124 Å². The van der Waals surface area contributed by atoms with Gasteiger partial charge in [0.05, 0.1) is 6.04 Å². The predicted molar refractivity (Wildman–Crippen MR) is 83.4 cm³/mol. The van der Waals surface area contributed by atoms with Crippen molar-refractivity contribution < 1.29 is 4.79 Å². The maximum atomic E-state index is 12.9. The summed E-state index contributed by atoms with van der Waals surface area (Å²) in [5.41, 5.74) is 0.816. The van der Waals surface area contributed by atoms with Gasteiger partial charge in [-0.1, -0.05) is 31.0 Å². The van der Waals surface area contributed by atoms with E-state index in [1.807, 2.05) is 30.5 Å². The lowest BCUT2D eigenvalue weighted by molar-refractivity contribution is 0.0950. The first-order valence-corrected chi connectivity index (χ1v) is 7.96. The first-order valence-electron chi connectivity index (χ1n) is 7.96. The fraction of sp³-hybridized carbons (Fsp3) is 0.444. The molecule has 3 heteroatoms. The highest BCUT2D eigenvalue weighted by Gasteiger charge is 2.38. The number of Topliss-reactive ketones (excluding diaryl/α,β-unsaturated/α-hetero) is 1. The molecule has 4 rings (SSSR count). The Morgan fingerprint density at radius 3 is 3.00 bits per heavy atom. The Kier molecular flexibility index (Phi) is 3.23. The quantitative estimate of drug-likeness (QED) is 0.858. The summed E-state index contributed by atoms with van der Waals surface area (Å²) in [6, 6.07) is 8.46. The lowest BCUT2D eigenvalue weighted by Gasteiger charge is -2.24. The number of rotatable bonds is 2. The van der Waals surface area contributed by atoms with Gasteiger partial charge in [0.2, 0.25) is 0 Å². The van der Waals surface area contributed by atoms with E-state index >= 15 is 0 Å². The van der Waals surface area contributed by atoms with Crippen molar-refractivity contribution in [2.24, 2.45) is 5.92 Å². The van der Waals surface area contributed by atoms with E-state index < -0.39 is 0 Å². The molecule has 3 nitrogen and oxygen atoms in total. The minimum absolute atomic E-state index is 0.0103. The first kappa shape index (κ1) is 13.0. The highest BCUT2D eigenvalue weighted by molar-refractivity contribution is 6.10. The van der Waals surface area contributed by atoms with Gasteiger partial charge in [0.15, 0.2) is 5.78 Å². The average molecular weight is 280 g/mol. The molecule has 2 aromatic rings. The maximum Gasteiger partial charge on any atom is 0.180 e. The van der Waals surface area contributed by atoms with Crippen LogP contribution in [0, 0.1) is 5.92 Å². The van der Waals surface area contributed by atoms with Crippen LogP contribution in [0.25, 0.3) is 10.8 Å². The van der Waals surface area contributed by atoms with Gasteiger partial charge >= 0.3 is 0 Å². The van der Waals surface area contributed by atoms with Crippen molar-refractivity contribution in [1.29, 1.82) is 0 Å². The topological polar surface area (TPSA) is 42.0 Å². The molecule has 1 aliphatic heterocycles. The SMILES string of the molecule is O=C(c1cccc2ccncc12)C1CC2CCCCC2N1. The van der Waals surface area contributed by atoms with E-state index in [0.717, 1.165) is 22.8 Å². The lowest BCUT2D eigenvalue weighted by atomic mass is 9.84. The minimum Gasteiger partial charge on any atom is -0.304 e. The summed E-state index contributed by atoms with van der Waals surface area (Å²) in [6.45, 7) is 0. The molecule has 3 atom stereocenters. The molecular formula is C18H20N2O. The van der Waals surface area contributed by atoms with Gasteiger partial charge in [-0.25, -0.2) is 0 Å². The number of nitrogens with zero attached hydrogens (tertiary/aromatic N) is 1. The van der Waals surface area contributed by atoms with Gasteiger partial charge in [0.1, 0.15) is 0 Å². The second kappa shape index (κ2) is 5.23. The van der Waals surface area contributed by atoms with Crippen LogP contribution in [0.3, 0.4) is 0 Å². The molecule has 3 unspecified atom stereocenters. The van der Waals surface area contributed by atoms with E-state index in [1.54, 1.807) is 6.20 Å². The average Bonchev–Trinajstić information content (AvgIpc) is 2.97. The molecule has 1 aliphatic carbocycles. The van der Waals surface area contributed by atoms with Crippen LogP contribution < -0.4 is 5.32 Å². The number of benzene rings is 1. The number of pyridine rings is 1. The Morgan fingerprint density at radius 1 is 1.19 bits per heavy atom. The van der Waals surface area contributed by atoms with Crippen molar-refractivity contribution in [2.75, 3.05) is 0 Å². The van der Waals surface area contributed by atoms with E-state index in [0.29, 0.717) is 12.0 Å². The zero-order valence-electron chi connectivity index (χ0n) is 12.1. The van der Waals surface area contributed by atoms with E-state index in [-0.39, 0.29) is 11.8 Å². The minimum atomic E-state index is -0.0103. The zero-order valence-corrected chi connectivity index (χ0v) is 12.1. The van der Waals surface area contributed by atoms with Gasteiger partial charge < -0.3 is 5.32 Å². The van der Waals surface area contributed by atoms with Gasteiger partial charge in [0.25, 0.3) is 0 Å². The largest absolute Gasteiger partial charge is 0.304 e. The first-order chi connectivity index (χ1) is 10.3. The Hall–Kier alpha value is -1.74. The van der Waals surface area contributed by atoms with Gasteiger partial charge in [0, 0.05) is 29.4 Å². The molecular weight excluding hydrogens is 260 g/mol. The molecule has 108 valence electrons. The fourth-order valence-corrected chi connectivity index (χ4v) is 4.04. The predicted octanol–water partition coefficient (Wildman–Crippen LogP) is 3.34. The molecule has 2 fully saturated rings. The van der Waals surface area contributed by atoms with Crippen LogP contribution in [-0.4, -0.2) is 22.9 Å². The number of ketones is 1. The van der Waals surface area contributed by atoms with Crippen LogP contribution >= 0.6 is 0 Å². The summed E-state index contributed by atoms with van der Waals surface area (Å²) < 4.78 is 0. The van der Waals surface area contributed by atoms with Crippen molar-refractivity contribution in [3.8, 4) is 0 Å². The van der Waals surface area contributed by atoms with Gasteiger partial charge in [-0.3, -0.25) is 9.78 Å². The Bertz CT molecular complexity index is 662. The molecule has 1 aromatic carbocycles. The van der Waals surface area contributed by atoms with Crippen LogP contribution in [-0.2, 0) is 0 Å². The Balaban J connectivity index is 1.65. The van der Waals surface area contributed by atoms with Crippen LogP contribution in [0.15, 0.2) is 36.7 Å². The standard InChI is InChI=1S/C18H20N2O/c21-18(17-10-13-4-1-2-7-16(13)20-17)14-6-3-5-12-8-9-19-11-15(12)14/h3,5-6,8-9,11,13,16-17,20H,1-2,4,7,10H2. The number of nitrogens with one attached hydrogen (secondary N) is 1. The van der Waals surface area contributed by atoms with Crippen LogP contribution in [0.2, 0.25) is 0 Å². The molecule has 0 radical (unpaired) electrons. The number of carbonyl (C=O) groups excluding carboxylic acids is 1. The van der Waals surface area contributed by atoms with Gasteiger partial charge in [-0.05, 0) is 36.6 Å². The molecule has 1 aromatic heterocycles. The smallest absolute Gasteiger partial charge is 0.180 e. The van der Waals surface area contributed by atoms with E-state index in [9.17, 15) is 4.79 Å². The second-order valence-corrected chi connectivity index (χ2v) is 6.37. The molecule has 1 saturated heterocycles. The molecule has 0 spiro atoms. The van der Waals surface area contributed by atoms with Crippen molar-refractivity contribution in [3.05, 3.63) is 42.2 Å². The number of aromatic nitrogens is 1. The molecule has 1 N–H and O–H groups in total. The molecule has 2 aliphatic rings. The van der Waals surface area contributed by atoms with E-state index in [1.165, 1.54) is 25.7 Å². The summed E-state index contributed by atoms with van der Waals surface area (Å²) >= 11 is 0. The van der Waals surface area contributed by atoms with Crippen molar-refractivity contribution >= 4 is 16.6 Å². The number of fused-ring (bicyclic) bond motifs is 2. The summed E-state index contributed by atoms with van der Waals surface area (Å²) in [6.07, 6.45) is 9.71. The van der Waals surface area contributed by atoms with Crippen molar-refractivity contribution in [3.63, 3.8) is 0 Å². The van der Waals surface area contributed by atoms with Crippen molar-refractivity contribution in [2.45, 2.75) is 44.2 Å². The highest BCUT2D eigenvalue weighted by Crippen LogP contribution is 2.34. The third kappa shape index (κ3) is 2.26. The summed E-state index contributed by atoms with van der Waals surface area (Å²) in [5.74, 6) is 0.934. The fourth-order valence-electron chi connectivity index (χ4n) is 4.04. The number of hydrogen-bond donors (Lipinski definition) is 1. The molecule has 2 heterocycles. The number of carbonyl (C=O) groups is 1. The molecule has 21 heavy (non-hydrogen) atoms. The van der Waals surface area contributed by atoms with Crippen LogP contribution in [0.5, 0.6) is 0 Å². The molecule has 0 bridgehead atoms. The van der Waals surface area contributed by atoms with Gasteiger partial charge in [-0.2, -0.15) is 0 Å². The summed E-state index contributed by atoms with van der Waals surface area (Å²) in [7, 11) is 0. The number of hydrogen-bond acceptors (Lipinski definition) is 3. The van der Waals surface area contributed by atoms with E-state index in [4.69, 9.17) is 0 Å². The van der Waals surface area contributed by atoms with Gasteiger partial charge in [-0.15, -0.1) is 0 Å². The second-order valence-electron chi connectivity index (χ2n) is 6.37.